The number of rotatable bonds is 5. The molecule has 4 unspecified atom stereocenters. The van der Waals surface area contributed by atoms with Gasteiger partial charge in [-0.2, -0.15) is 10.2 Å². The van der Waals surface area contributed by atoms with E-state index < -0.39 is 23.7 Å². The van der Waals surface area contributed by atoms with Gasteiger partial charge >= 0.3 is 0 Å². The predicted molar refractivity (Wildman–Crippen MR) is 178 cm³/mol. The van der Waals surface area contributed by atoms with Gasteiger partial charge < -0.3 is 10.0 Å². The summed E-state index contributed by atoms with van der Waals surface area (Å²) in [6.45, 7) is 1.60. The van der Waals surface area contributed by atoms with Crippen LogP contribution >= 0.6 is 11.6 Å². The molecule has 47 heavy (non-hydrogen) atoms. The zero-order valence-electron chi connectivity index (χ0n) is 26.0. The minimum atomic E-state index is -0.773. The largest absolute Gasteiger partial charge is 0.508 e. The standard InChI is InChI=1S/C37H31ClN4O5/c1-19-16-31(44)34-29(35(19)45)18-27-25(32(34)28-17-20(38)4-15-30(28)43)13-14-26-33(27)37(47)42(36(26)46)24-11-7-22(8-12-24)40-39-21-5-9-23(10-6-21)41(2)3/h4-13,15-17,26-27,32-33,43H,14,18H2,1-3H3. The summed E-state index contributed by atoms with van der Waals surface area (Å²) < 4.78 is 0. The van der Waals surface area contributed by atoms with Crippen molar-refractivity contribution in [1.82, 2.24) is 0 Å². The summed E-state index contributed by atoms with van der Waals surface area (Å²) in [6, 6.07) is 19.0. The van der Waals surface area contributed by atoms with Gasteiger partial charge in [-0.25, -0.2) is 0 Å². The van der Waals surface area contributed by atoms with E-state index in [0.717, 1.165) is 11.3 Å². The van der Waals surface area contributed by atoms with Crippen molar-refractivity contribution in [3.63, 3.8) is 0 Å². The molecule has 1 fully saturated rings. The summed E-state index contributed by atoms with van der Waals surface area (Å²) in [5.74, 6) is -3.96. The molecule has 3 aromatic rings. The van der Waals surface area contributed by atoms with Crippen molar-refractivity contribution >= 4 is 57.7 Å². The number of fused-ring (bicyclic) bond motifs is 3. The molecule has 1 N–H and O–H groups in total. The zero-order valence-corrected chi connectivity index (χ0v) is 26.7. The Morgan fingerprint density at radius 2 is 1.53 bits per heavy atom. The van der Waals surface area contributed by atoms with Crippen LogP contribution in [0, 0.1) is 17.8 Å². The smallest absolute Gasteiger partial charge is 0.238 e. The molecule has 1 saturated heterocycles. The second kappa shape index (κ2) is 11.6. The molecule has 236 valence electrons. The number of carbonyl (C=O) groups is 4. The van der Waals surface area contributed by atoms with Crippen molar-refractivity contribution in [1.29, 1.82) is 0 Å². The van der Waals surface area contributed by atoms with Crippen molar-refractivity contribution in [2.24, 2.45) is 28.0 Å². The molecular formula is C37H31ClN4O5. The highest BCUT2D eigenvalue weighted by atomic mass is 35.5. The summed E-state index contributed by atoms with van der Waals surface area (Å²) >= 11 is 6.34. The molecule has 0 bridgehead atoms. The van der Waals surface area contributed by atoms with Crippen molar-refractivity contribution in [3.8, 4) is 5.75 Å². The van der Waals surface area contributed by atoms with Gasteiger partial charge in [0.2, 0.25) is 11.8 Å². The van der Waals surface area contributed by atoms with E-state index >= 15 is 0 Å². The van der Waals surface area contributed by atoms with Gasteiger partial charge in [0.25, 0.3) is 0 Å². The Hall–Kier alpha value is -5.15. The van der Waals surface area contributed by atoms with E-state index in [9.17, 15) is 24.3 Å². The number of hydrogen-bond donors (Lipinski definition) is 1. The number of ketones is 2. The lowest BCUT2D eigenvalue weighted by Crippen LogP contribution is -2.39. The van der Waals surface area contributed by atoms with Crippen LogP contribution in [0.2, 0.25) is 5.02 Å². The summed E-state index contributed by atoms with van der Waals surface area (Å²) in [5, 5.41) is 19.9. The van der Waals surface area contributed by atoms with Gasteiger partial charge in [-0.1, -0.05) is 23.3 Å². The molecule has 0 radical (unpaired) electrons. The normalized spacial score (nSPS) is 23.9. The van der Waals surface area contributed by atoms with E-state index in [2.05, 4.69) is 10.2 Å². The van der Waals surface area contributed by atoms with Gasteiger partial charge in [-0.15, -0.1) is 0 Å². The van der Waals surface area contributed by atoms with Crippen LogP contribution < -0.4 is 9.80 Å². The van der Waals surface area contributed by atoms with Gasteiger partial charge in [0, 0.05) is 53.0 Å². The van der Waals surface area contributed by atoms with Crippen LogP contribution in [-0.4, -0.2) is 42.6 Å². The van der Waals surface area contributed by atoms with E-state index in [1.165, 1.54) is 17.0 Å². The first-order valence-corrected chi connectivity index (χ1v) is 15.8. The maximum absolute atomic E-state index is 14.2. The molecule has 10 heteroatoms. The number of anilines is 2. The van der Waals surface area contributed by atoms with Crippen molar-refractivity contribution in [3.05, 3.63) is 112 Å². The Balaban J connectivity index is 1.20. The first-order valence-electron chi connectivity index (χ1n) is 15.4. The maximum Gasteiger partial charge on any atom is 0.238 e. The fourth-order valence-corrected chi connectivity index (χ4v) is 7.53. The third-order valence-electron chi connectivity index (χ3n) is 9.62. The molecule has 2 amide bonds. The fraction of sp³-hybridized carbons (Fsp3) is 0.243. The molecule has 9 nitrogen and oxygen atoms in total. The lowest BCUT2D eigenvalue weighted by molar-refractivity contribution is -0.123. The molecule has 0 spiro atoms. The number of amides is 2. The Labute approximate surface area is 276 Å². The first kappa shape index (κ1) is 30.5. The molecule has 0 aromatic heterocycles. The highest BCUT2D eigenvalue weighted by Gasteiger charge is 2.56. The first-order chi connectivity index (χ1) is 22.5. The molecule has 3 aliphatic carbocycles. The predicted octanol–water partition coefficient (Wildman–Crippen LogP) is 7.16. The van der Waals surface area contributed by atoms with E-state index in [1.54, 1.807) is 43.3 Å². The number of hydrogen-bond acceptors (Lipinski definition) is 8. The van der Waals surface area contributed by atoms with Gasteiger partial charge in [-0.3, -0.25) is 24.1 Å². The summed E-state index contributed by atoms with van der Waals surface area (Å²) in [7, 11) is 3.92. The van der Waals surface area contributed by atoms with Crippen LogP contribution in [0.3, 0.4) is 0 Å². The van der Waals surface area contributed by atoms with Crippen LogP contribution in [-0.2, 0) is 19.2 Å². The minimum absolute atomic E-state index is 0.0697. The third kappa shape index (κ3) is 5.11. The Morgan fingerprint density at radius 1 is 0.872 bits per heavy atom. The Kier molecular flexibility index (Phi) is 7.51. The number of azo groups is 1. The maximum atomic E-state index is 14.2. The summed E-state index contributed by atoms with van der Waals surface area (Å²) in [4.78, 5) is 58.2. The highest BCUT2D eigenvalue weighted by Crippen LogP contribution is 2.56. The number of carbonyl (C=O) groups excluding carboxylic acids is 4. The molecule has 4 aliphatic rings. The SMILES string of the molecule is CC1=CC(=O)C2=C(CC3C(=CCC4C(=O)N(c5ccc(N=Nc6ccc(N(C)C)cc6)cc5)C(=O)C43)C2c2cc(Cl)ccc2O)C1=O. The number of aromatic hydroxyl groups is 1. The minimum Gasteiger partial charge on any atom is -0.508 e. The second-order valence-corrected chi connectivity index (χ2v) is 13.0. The van der Waals surface area contributed by atoms with E-state index in [-0.39, 0.29) is 42.0 Å². The average molecular weight is 647 g/mol. The monoisotopic (exact) mass is 646 g/mol. The van der Waals surface area contributed by atoms with E-state index in [0.29, 0.717) is 44.4 Å². The van der Waals surface area contributed by atoms with Gasteiger partial charge in [0.05, 0.1) is 28.9 Å². The highest BCUT2D eigenvalue weighted by molar-refractivity contribution is 6.30. The summed E-state index contributed by atoms with van der Waals surface area (Å²) in [6.07, 6.45) is 3.68. The fourth-order valence-electron chi connectivity index (χ4n) is 7.35. The molecule has 7 rings (SSSR count). The van der Waals surface area contributed by atoms with Gasteiger partial charge in [-0.05, 0) is 98.5 Å². The quantitative estimate of drug-likeness (QED) is 0.136. The van der Waals surface area contributed by atoms with Crippen molar-refractivity contribution in [2.75, 3.05) is 23.9 Å². The van der Waals surface area contributed by atoms with E-state index in [4.69, 9.17) is 11.6 Å². The molecule has 1 aliphatic heterocycles. The molecule has 3 aromatic carbocycles. The summed E-state index contributed by atoms with van der Waals surface area (Å²) in [5.41, 5.74) is 4.80. The molecular weight excluding hydrogens is 616 g/mol. The Bertz CT molecular complexity index is 1990. The average Bonchev–Trinajstić information content (AvgIpc) is 3.32. The van der Waals surface area contributed by atoms with E-state index in [1.807, 2.05) is 49.3 Å². The Morgan fingerprint density at radius 3 is 2.19 bits per heavy atom. The number of benzene rings is 3. The molecule has 1 heterocycles. The van der Waals surface area contributed by atoms with Gasteiger partial charge in [0.1, 0.15) is 5.75 Å². The van der Waals surface area contributed by atoms with Crippen LogP contribution in [0.4, 0.5) is 22.7 Å². The van der Waals surface area contributed by atoms with Crippen LogP contribution in [0.15, 0.2) is 111 Å². The second-order valence-electron chi connectivity index (χ2n) is 12.6. The number of allylic oxidation sites excluding steroid dienone is 6. The van der Waals surface area contributed by atoms with Gasteiger partial charge in [0.15, 0.2) is 11.6 Å². The van der Waals surface area contributed by atoms with Crippen LogP contribution in [0.25, 0.3) is 0 Å². The number of imide groups is 1. The third-order valence-corrected chi connectivity index (χ3v) is 9.85. The number of phenolic OH excluding ortho intramolecular Hbond substituents is 1. The van der Waals surface area contributed by atoms with Crippen LogP contribution in [0.1, 0.15) is 31.2 Å². The van der Waals surface area contributed by atoms with Crippen LogP contribution in [0.5, 0.6) is 5.75 Å². The lowest BCUT2D eigenvalue weighted by atomic mass is 9.59. The van der Waals surface area contributed by atoms with Crippen molar-refractivity contribution in [2.45, 2.75) is 25.7 Å². The lowest BCUT2D eigenvalue weighted by Gasteiger charge is -2.42. The number of nitrogens with zero attached hydrogens (tertiary/aromatic N) is 4. The molecule has 0 saturated carbocycles. The van der Waals surface area contributed by atoms with Crippen molar-refractivity contribution < 1.29 is 24.3 Å². The number of halogens is 1. The molecule has 4 atom stereocenters. The number of Topliss-reactive ketones (excluding diaryl/α,β-unsaturated/α-hetero) is 1. The number of phenols is 1. The topological polar surface area (TPSA) is 120 Å². The zero-order chi connectivity index (χ0) is 33.1.